The maximum absolute atomic E-state index is 13.2. The summed E-state index contributed by atoms with van der Waals surface area (Å²) in [5, 5.41) is 3.25. The zero-order valence-electron chi connectivity index (χ0n) is 20.2. The Kier molecular flexibility index (Phi) is 7.61. The van der Waals surface area contributed by atoms with E-state index in [1.807, 2.05) is 89.5 Å². The smallest absolute Gasteiger partial charge is 0.352 e. The van der Waals surface area contributed by atoms with Gasteiger partial charge in [0.1, 0.15) is 0 Å². The molecule has 0 aliphatic rings. The van der Waals surface area contributed by atoms with Crippen molar-refractivity contribution >= 4 is 58.3 Å². The van der Waals surface area contributed by atoms with Crippen molar-refractivity contribution in [2.75, 3.05) is 6.61 Å². The van der Waals surface area contributed by atoms with E-state index in [4.69, 9.17) is 21.7 Å². The van der Waals surface area contributed by atoms with Crippen molar-refractivity contribution in [3.05, 3.63) is 130 Å². The van der Waals surface area contributed by atoms with Gasteiger partial charge in [-0.15, -0.1) is 0 Å². The molecule has 0 saturated heterocycles. The van der Waals surface area contributed by atoms with E-state index in [0.29, 0.717) is 14.6 Å². The lowest BCUT2D eigenvalue weighted by molar-refractivity contribution is 0.0532. The second-order valence-corrected chi connectivity index (χ2v) is 12.8. The van der Waals surface area contributed by atoms with Crippen molar-refractivity contribution < 1.29 is 9.53 Å². The second kappa shape index (κ2) is 11.2. The van der Waals surface area contributed by atoms with E-state index in [1.54, 1.807) is 6.92 Å². The lowest BCUT2D eigenvalue weighted by atomic mass is 10.3. The Hall–Kier alpha value is -3.57. The molecule has 1 aromatic heterocycles. The van der Waals surface area contributed by atoms with Crippen molar-refractivity contribution in [1.29, 1.82) is 0 Å². The quantitative estimate of drug-likeness (QED) is 0.124. The Labute approximate surface area is 225 Å². The van der Waals surface area contributed by atoms with Crippen LogP contribution in [0.3, 0.4) is 0 Å². The van der Waals surface area contributed by atoms with E-state index in [2.05, 4.69) is 36.4 Å². The Morgan fingerprint density at radius 1 is 0.784 bits per heavy atom. The maximum Gasteiger partial charge on any atom is 0.352 e. The van der Waals surface area contributed by atoms with Crippen molar-refractivity contribution in [3.8, 4) is 5.69 Å². The van der Waals surface area contributed by atoms with Crippen LogP contribution >= 0.6 is 30.6 Å². The van der Waals surface area contributed by atoms with Gasteiger partial charge in [0.2, 0.25) is 0 Å². The number of hydrogen-bond donors (Lipinski definition) is 0. The van der Waals surface area contributed by atoms with Crippen LogP contribution in [-0.4, -0.2) is 17.1 Å². The fourth-order valence-corrected chi connectivity index (χ4v) is 9.15. The fraction of sp³-hybridized carbons (Fsp3) is 0.0667. The van der Waals surface area contributed by atoms with Crippen LogP contribution in [0.25, 0.3) is 5.69 Å². The molecule has 7 heteroatoms. The molecule has 0 aliphatic carbocycles. The molecule has 184 valence electrons. The van der Waals surface area contributed by atoms with Gasteiger partial charge in [-0.1, -0.05) is 121 Å². The normalized spacial score (nSPS) is 11.2. The molecule has 0 radical (unpaired) electrons. The first-order valence-corrected chi connectivity index (χ1v) is 14.9. The number of nitrogens with zero attached hydrogens (tertiary/aromatic N) is 2. The van der Waals surface area contributed by atoms with Gasteiger partial charge in [-0.3, -0.25) is 4.57 Å². The van der Waals surface area contributed by atoms with E-state index < -0.39 is 13.0 Å². The highest BCUT2D eigenvalue weighted by Crippen LogP contribution is 2.51. The predicted octanol–water partition coefficient (Wildman–Crippen LogP) is 7.25. The molecular weight excluding hydrogens is 515 g/mol. The van der Waals surface area contributed by atoms with Gasteiger partial charge >= 0.3 is 5.97 Å². The Morgan fingerprint density at radius 3 is 1.65 bits per heavy atom. The first-order chi connectivity index (χ1) is 18.1. The molecule has 0 spiro atoms. The zero-order valence-corrected chi connectivity index (χ0v) is 22.8. The third-order valence-corrected chi connectivity index (χ3v) is 10.9. The lowest BCUT2D eigenvalue weighted by Gasteiger charge is -2.27. The maximum atomic E-state index is 13.2. The van der Waals surface area contributed by atoms with E-state index in [-0.39, 0.29) is 6.61 Å². The number of carbonyl (C=O) groups is 1. The standard InChI is InChI=1S/C30H25N2O2PS2/c1-2-34-29(33)27-28(32(30(36)37-27)23-15-7-3-8-16-23)31-35(24-17-9-4-10-18-24,25-19-11-5-12-20-25)26-21-13-6-14-22-26/h3-22H,2H2,1H3. The highest BCUT2D eigenvalue weighted by molar-refractivity contribution is 7.87. The third-order valence-electron chi connectivity index (χ3n) is 5.90. The number of esters is 1. The molecular formula is C30H25N2O2PS2. The SMILES string of the molecule is CCOC(=O)c1sc(=S)n(-c2ccccc2)c1N=P(c1ccccc1)(c1ccccc1)c1ccccc1. The molecule has 37 heavy (non-hydrogen) atoms. The largest absolute Gasteiger partial charge is 0.462 e. The number of aromatic nitrogens is 1. The summed E-state index contributed by atoms with van der Waals surface area (Å²) in [5.41, 5.74) is 0.852. The van der Waals surface area contributed by atoms with Crippen LogP contribution in [0.1, 0.15) is 16.6 Å². The highest BCUT2D eigenvalue weighted by atomic mass is 32.1. The van der Waals surface area contributed by atoms with Gasteiger partial charge in [-0.25, -0.2) is 9.54 Å². The van der Waals surface area contributed by atoms with Crippen LogP contribution in [0.15, 0.2) is 126 Å². The first kappa shape index (κ1) is 25.1. The van der Waals surface area contributed by atoms with Gasteiger partial charge in [-0.2, -0.15) is 0 Å². The summed E-state index contributed by atoms with van der Waals surface area (Å²) in [6, 6.07) is 40.8. The molecule has 1 heterocycles. The van der Waals surface area contributed by atoms with Gasteiger partial charge in [-0.05, 0) is 31.3 Å². The Bertz CT molecular complexity index is 1510. The van der Waals surface area contributed by atoms with Crippen LogP contribution < -0.4 is 15.9 Å². The summed E-state index contributed by atoms with van der Waals surface area (Å²) in [4.78, 5) is 13.6. The molecule has 0 unspecified atom stereocenters. The summed E-state index contributed by atoms with van der Waals surface area (Å²) in [6.07, 6.45) is 0. The molecule has 0 atom stereocenters. The minimum Gasteiger partial charge on any atom is -0.462 e. The third kappa shape index (κ3) is 4.88. The number of para-hydroxylation sites is 1. The molecule has 0 amide bonds. The Balaban J connectivity index is 1.97. The topological polar surface area (TPSA) is 43.6 Å². The summed E-state index contributed by atoms with van der Waals surface area (Å²) in [6.45, 7) is 2.07. The average molecular weight is 541 g/mol. The van der Waals surface area contributed by atoms with Gasteiger partial charge < -0.3 is 4.74 Å². The number of ether oxygens (including phenoxy) is 1. The van der Waals surface area contributed by atoms with Gasteiger partial charge in [0, 0.05) is 21.6 Å². The van der Waals surface area contributed by atoms with Crippen LogP contribution in [0, 0.1) is 3.95 Å². The molecule has 0 N–H and O–H groups in total. The monoisotopic (exact) mass is 540 g/mol. The number of benzene rings is 4. The fourth-order valence-electron chi connectivity index (χ4n) is 4.28. The first-order valence-electron chi connectivity index (χ1n) is 11.9. The second-order valence-electron chi connectivity index (χ2n) is 8.15. The van der Waals surface area contributed by atoms with E-state index in [1.165, 1.54) is 11.3 Å². The summed E-state index contributed by atoms with van der Waals surface area (Å²) < 4.78 is 13.5. The van der Waals surface area contributed by atoms with Gasteiger partial charge in [0.05, 0.1) is 13.7 Å². The predicted molar refractivity (Wildman–Crippen MR) is 158 cm³/mol. The van der Waals surface area contributed by atoms with Crippen molar-refractivity contribution in [2.45, 2.75) is 6.92 Å². The van der Waals surface area contributed by atoms with Crippen LogP contribution in [0.5, 0.6) is 0 Å². The molecule has 0 saturated carbocycles. The minimum absolute atomic E-state index is 0.268. The number of hydrogen-bond acceptors (Lipinski definition) is 5. The van der Waals surface area contributed by atoms with Crippen molar-refractivity contribution in [3.63, 3.8) is 0 Å². The van der Waals surface area contributed by atoms with Gasteiger partial charge in [0.15, 0.2) is 14.6 Å². The van der Waals surface area contributed by atoms with E-state index in [0.717, 1.165) is 21.6 Å². The van der Waals surface area contributed by atoms with Gasteiger partial charge in [0.25, 0.3) is 0 Å². The van der Waals surface area contributed by atoms with Crippen LogP contribution in [-0.2, 0) is 4.74 Å². The van der Waals surface area contributed by atoms with E-state index >= 15 is 0 Å². The highest BCUT2D eigenvalue weighted by Gasteiger charge is 2.31. The van der Waals surface area contributed by atoms with Crippen molar-refractivity contribution in [1.82, 2.24) is 4.57 Å². The number of carbonyl (C=O) groups excluding carboxylic acids is 1. The van der Waals surface area contributed by atoms with Crippen molar-refractivity contribution in [2.24, 2.45) is 4.74 Å². The Morgan fingerprint density at radius 2 is 1.22 bits per heavy atom. The summed E-state index contributed by atoms with van der Waals surface area (Å²) in [7, 11) is -2.64. The molecule has 5 rings (SSSR count). The number of thiazole rings is 1. The number of rotatable bonds is 7. The molecule has 4 aromatic carbocycles. The molecule has 0 bridgehead atoms. The van der Waals surface area contributed by atoms with Crippen LogP contribution in [0.4, 0.5) is 5.82 Å². The molecule has 5 aromatic rings. The molecule has 0 fully saturated rings. The van der Waals surface area contributed by atoms with E-state index in [9.17, 15) is 4.79 Å². The minimum atomic E-state index is -2.64. The summed E-state index contributed by atoms with van der Waals surface area (Å²) in [5.74, 6) is 0.101. The molecule has 0 aliphatic heterocycles. The average Bonchev–Trinajstić information content (AvgIpc) is 3.29. The zero-order chi connectivity index (χ0) is 25.7. The van der Waals surface area contributed by atoms with Crippen LogP contribution in [0.2, 0.25) is 0 Å². The lowest BCUT2D eigenvalue weighted by Crippen LogP contribution is -2.25. The molecule has 4 nitrogen and oxygen atoms in total. The summed E-state index contributed by atoms with van der Waals surface area (Å²) >= 11 is 7.05.